The Bertz CT molecular complexity index is 711. The molecule has 10 heteroatoms. The first-order chi connectivity index (χ1) is 11.8. The highest BCUT2D eigenvalue weighted by atomic mass is 35.5. The van der Waals surface area contributed by atoms with Gasteiger partial charge in [0.05, 0.1) is 5.02 Å². The van der Waals surface area contributed by atoms with E-state index in [1.165, 1.54) is 4.31 Å². The molecule has 2 aliphatic rings. The van der Waals surface area contributed by atoms with Gasteiger partial charge in [-0.2, -0.15) is 12.7 Å². The van der Waals surface area contributed by atoms with Gasteiger partial charge in [0.1, 0.15) is 5.82 Å². The Balaban J connectivity index is 1.51. The highest BCUT2D eigenvalue weighted by Crippen LogP contribution is 2.22. The Morgan fingerprint density at radius 1 is 1.12 bits per heavy atom. The van der Waals surface area contributed by atoms with E-state index in [4.69, 9.17) is 16.7 Å². The van der Waals surface area contributed by atoms with Crippen LogP contribution < -0.4 is 10.0 Å². The molecule has 0 aromatic carbocycles. The second kappa shape index (κ2) is 7.45. The van der Waals surface area contributed by atoms with Gasteiger partial charge in [0.25, 0.3) is 10.2 Å². The van der Waals surface area contributed by atoms with Crippen LogP contribution in [0, 0.1) is 5.92 Å². The smallest absolute Gasteiger partial charge is 0.276 e. The molecule has 0 atom stereocenters. The van der Waals surface area contributed by atoms with E-state index in [1.54, 1.807) is 12.3 Å². The fraction of sp³-hybridized carbons (Fsp3) is 0.600. The number of nitrogens with zero attached hydrogens (tertiary/aromatic N) is 4. The van der Waals surface area contributed by atoms with Crippen molar-refractivity contribution < 1.29 is 13.2 Å². The largest absolute Gasteiger partial charge is 0.353 e. The Labute approximate surface area is 152 Å². The average molecular weight is 388 g/mol. The molecule has 2 fully saturated rings. The van der Waals surface area contributed by atoms with Crippen molar-refractivity contribution >= 4 is 33.5 Å². The summed E-state index contributed by atoms with van der Waals surface area (Å²) in [5, 5.41) is 5.74. The third-order valence-electron chi connectivity index (χ3n) is 4.79. The number of carbonyl (C=O) groups is 1. The number of hydrogen-bond acceptors (Lipinski definition) is 5. The Morgan fingerprint density at radius 2 is 1.76 bits per heavy atom. The maximum Gasteiger partial charge on any atom is 0.276 e. The predicted octanol–water partition coefficient (Wildman–Crippen LogP) is 0.299. The molecule has 2 aliphatic heterocycles. The van der Waals surface area contributed by atoms with Crippen LogP contribution >= 0.6 is 11.6 Å². The van der Waals surface area contributed by atoms with Crippen LogP contribution in [0.5, 0.6) is 0 Å². The van der Waals surface area contributed by atoms with E-state index in [0.29, 0.717) is 44.0 Å². The maximum absolute atomic E-state index is 12.7. The van der Waals surface area contributed by atoms with Gasteiger partial charge in [-0.15, -0.1) is 0 Å². The summed E-state index contributed by atoms with van der Waals surface area (Å²) < 4.78 is 23.9. The minimum atomic E-state index is -3.66. The SMILES string of the molecule is NS(=O)(=O)N1CCC(C(=O)N2CCN(c3ccc(Cl)cn3)CC2)CC1. The fourth-order valence-corrected chi connectivity index (χ4v) is 4.16. The lowest BCUT2D eigenvalue weighted by Crippen LogP contribution is -2.52. The normalized spacial score (nSPS) is 20.7. The second-order valence-corrected chi connectivity index (χ2v) is 8.35. The molecule has 2 N–H and O–H groups in total. The molecule has 3 rings (SSSR count). The average Bonchev–Trinajstić information content (AvgIpc) is 2.61. The number of hydrogen-bond donors (Lipinski definition) is 1. The molecule has 8 nitrogen and oxygen atoms in total. The molecule has 25 heavy (non-hydrogen) atoms. The number of piperidine rings is 1. The lowest BCUT2D eigenvalue weighted by atomic mass is 9.96. The molecule has 1 aromatic rings. The van der Waals surface area contributed by atoms with Crippen LogP contribution in [0.15, 0.2) is 18.3 Å². The summed E-state index contributed by atoms with van der Waals surface area (Å²) in [4.78, 5) is 21.0. The number of anilines is 1. The van der Waals surface area contributed by atoms with Gasteiger partial charge in [0.15, 0.2) is 0 Å². The summed E-state index contributed by atoms with van der Waals surface area (Å²) in [5.74, 6) is 0.842. The van der Waals surface area contributed by atoms with Gasteiger partial charge in [-0.3, -0.25) is 4.79 Å². The zero-order chi connectivity index (χ0) is 18.0. The summed E-state index contributed by atoms with van der Waals surface area (Å²) in [6, 6.07) is 3.68. The fourth-order valence-electron chi connectivity index (χ4n) is 3.33. The van der Waals surface area contributed by atoms with E-state index in [1.807, 2.05) is 11.0 Å². The lowest BCUT2D eigenvalue weighted by Gasteiger charge is -2.38. The van der Waals surface area contributed by atoms with Crippen LogP contribution in [0.2, 0.25) is 5.02 Å². The number of piperazine rings is 1. The monoisotopic (exact) mass is 387 g/mol. The van der Waals surface area contributed by atoms with Gasteiger partial charge in [-0.1, -0.05) is 11.6 Å². The molecule has 0 unspecified atom stereocenters. The van der Waals surface area contributed by atoms with Crippen molar-refractivity contribution in [3.63, 3.8) is 0 Å². The van der Waals surface area contributed by atoms with Crippen molar-refractivity contribution in [3.05, 3.63) is 23.4 Å². The first-order valence-corrected chi connectivity index (χ1v) is 10.2. The van der Waals surface area contributed by atoms with E-state index in [-0.39, 0.29) is 11.8 Å². The molecule has 1 amide bonds. The highest BCUT2D eigenvalue weighted by molar-refractivity contribution is 7.86. The molecule has 2 saturated heterocycles. The van der Waals surface area contributed by atoms with Crippen molar-refractivity contribution in [2.75, 3.05) is 44.2 Å². The molecule has 0 radical (unpaired) electrons. The third kappa shape index (κ3) is 4.41. The van der Waals surface area contributed by atoms with Gasteiger partial charge >= 0.3 is 0 Å². The zero-order valence-electron chi connectivity index (χ0n) is 13.8. The number of amides is 1. The third-order valence-corrected chi connectivity index (χ3v) is 6.10. The second-order valence-electron chi connectivity index (χ2n) is 6.37. The van der Waals surface area contributed by atoms with E-state index in [9.17, 15) is 13.2 Å². The lowest BCUT2D eigenvalue weighted by molar-refractivity contribution is -0.137. The minimum Gasteiger partial charge on any atom is -0.353 e. The quantitative estimate of drug-likeness (QED) is 0.804. The van der Waals surface area contributed by atoms with Crippen LogP contribution in [-0.4, -0.2) is 67.8 Å². The van der Waals surface area contributed by atoms with Gasteiger partial charge in [-0.25, -0.2) is 10.1 Å². The topological polar surface area (TPSA) is 99.8 Å². The molecular weight excluding hydrogens is 366 g/mol. The molecule has 3 heterocycles. The van der Waals surface area contributed by atoms with Gasteiger partial charge < -0.3 is 9.80 Å². The molecular formula is C15H22ClN5O3S. The van der Waals surface area contributed by atoms with Crippen molar-refractivity contribution in [2.24, 2.45) is 11.1 Å². The summed E-state index contributed by atoms with van der Waals surface area (Å²) >= 11 is 5.86. The molecule has 0 spiro atoms. The van der Waals surface area contributed by atoms with Gasteiger partial charge in [0, 0.05) is 51.4 Å². The maximum atomic E-state index is 12.7. The number of halogens is 1. The van der Waals surface area contributed by atoms with E-state index in [0.717, 1.165) is 18.9 Å². The van der Waals surface area contributed by atoms with E-state index in [2.05, 4.69) is 9.88 Å². The molecule has 0 aliphatic carbocycles. The summed E-state index contributed by atoms with van der Waals surface area (Å²) in [7, 11) is -3.66. The van der Waals surface area contributed by atoms with E-state index >= 15 is 0 Å². The predicted molar refractivity (Wildman–Crippen MR) is 95.4 cm³/mol. The van der Waals surface area contributed by atoms with Crippen LogP contribution in [0.3, 0.4) is 0 Å². The van der Waals surface area contributed by atoms with Crippen molar-refractivity contribution in [3.8, 4) is 0 Å². The Kier molecular flexibility index (Phi) is 5.47. The molecule has 0 saturated carbocycles. The van der Waals surface area contributed by atoms with Crippen molar-refractivity contribution in [1.29, 1.82) is 0 Å². The Hall–Kier alpha value is -1.42. The Morgan fingerprint density at radius 3 is 2.28 bits per heavy atom. The number of carbonyl (C=O) groups excluding carboxylic acids is 1. The van der Waals surface area contributed by atoms with Crippen LogP contribution in [0.4, 0.5) is 5.82 Å². The standard InChI is InChI=1S/C15H22ClN5O3S/c16-13-1-2-14(18-11-13)19-7-9-20(10-8-19)15(22)12-3-5-21(6-4-12)25(17,23)24/h1-2,11-12H,3-10H2,(H2,17,23,24). The first-order valence-electron chi connectivity index (χ1n) is 8.28. The van der Waals surface area contributed by atoms with E-state index < -0.39 is 10.2 Å². The van der Waals surface area contributed by atoms with Crippen molar-refractivity contribution in [1.82, 2.24) is 14.2 Å². The van der Waals surface area contributed by atoms with Crippen molar-refractivity contribution in [2.45, 2.75) is 12.8 Å². The summed E-state index contributed by atoms with van der Waals surface area (Å²) in [5.41, 5.74) is 0. The summed E-state index contributed by atoms with van der Waals surface area (Å²) in [6.45, 7) is 3.33. The summed E-state index contributed by atoms with van der Waals surface area (Å²) in [6.07, 6.45) is 2.66. The number of aromatic nitrogens is 1. The molecule has 138 valence electrons. The molecule has 0 bridgehead atoms. The number of nitrogens with two attached hydrogens (primary N) is 1. The van der Waals surface area contributed by atoms with Gasteiger partial charge in [0.2, 0.25) is 5.91 Å². The highest BCUT2D eigenvalue weighted by Gasteiger charge is 2.33. The van der Waals surface area contributed by atoms with Crippen LogP contribution in [0.25, 0.3) is 0 Å². The first kappa shape index (κ1) is 18.4. The number of pyridine rings is 1. The van der Waals surface area contributed by atoms with Crippen LogP contribution in [-0.2, 0) is 15.0 Å². The van der Waals surface area contributed by atoms with Gasteiger partial charge in [-0.05, 0) is 25.0 Å². The minimum absolute atomic E-state index is 0.109. The molecule has 1 aromatic heterocycles. The van der Waals surface area contributed by atoms with Crippen LogP contribution in [0.1, 0.15) is 12.8 Å². The zero-order valence-corrected chi connectivity index (χ0v) is 15.4. The number of rotatable bonds is 3.